The lowest BCUT2D eigenvalue weighted by Crippen LogP contribution is -2.52. The topological polar surface area (TPSA) is 36.5 Å². The molecule has 4 rings (SSSR count). The minimum Gasteiger partial charge on any atom is -0.379 e. The molecule has 5 unspecified atom stereocenters. The lowest BCUT2D eigenvalue weighted by molar-refractivity contribution is 0.0517. The van der Waals surface area contributed by atoms with Crippen LogP contribution in [-0.2, 0) is 4.74 Å². The second kappa shape index (κ2) is 7.35. The van der Waals surface area contributed by atoms with Crippen LogP contribution in [0.3, 0.4) is 0 Å². The van der Waals surface area contributed by atoms with Crippen LogP contribution in [0.25, 0.3) is 0 Å². The molecule has 22 heavy (non-hydrogen) atoms. The van der Waals surface area contributed by atoms with Crippen molar-refractivity contribution in [2.24, 2.45) is 5.92 Å². The molecule has 2 aliphatic carbocycles. The van der Waals surface area contributed by atoms with E-state index in [4.69, 9.17) is 4.74 Å². The second-order valence-corrected chi connectivity index (χ2v) is 7.71. The Bertz CT molecular complexity index is 360. The van der Waals surface area contributed by atoms with Gasteiger partial charge in [-0.25, -0.2) is 0 Å². The van der Waals surface area contributed by atoms with Gasteiger partial charge in [0.2, 0.25) is 0 Å². The molecule has 4 aliphatic rings. The molecule has 2 heterocycles. The Labute approximate surface area is 141 Å². The maximum absolute atomic E-state index is 5.69. The van der Waals surface area contributed by atoms with Crippen LogP contribution in [0.5, 0.6) is 0 Å². The van der Waals surface area contributed by atoms with Gasteiger partial charge in [-0.2, -0.15) is 0 Å². The standard InChI is InChI=1S/C17H31N3O.ClH/c1-12-9-13(10-20(12)14-5-6-14)19-16-4-2-3-15(16)17-11-21-8-7-18-17;/h12-19H,2-11H2,1H3;1H. The molecule has 2 saturated heterocycles. The van der Waals surface area contributed by atoms with Gasteiger partial charge in [-0.05, 0) is 44.9 Å². The van der Waals surface area contributed by atoms with Crippen LogP contribution in [-0.4, -0.2) is 61.4 Å². The molecule has 0 bridgehead atoms. The van der Waals surface area contributed by atoms with Crippen LogP contribution < -0.4 is 10.6 Å². The fraction of sp³-hybridized carbons (Fsp3) is 1.00. The quantitative estimate of drug-likeness (QED) is 0.824. The van der Waals surface area contributed by atoms with E-state index in [2.05, 4.69) is 22.5 Å². The molecule has 4 fully saturated rings. The molecule has 0 spiro atoms. The molecule has 2 saturated carbocycles. The number of rotatable bonds is 4. The summed E-state index contributed by atoms with van der Waals surface area (Å²) in [6.07, 6.45) is 8.33. The van der Waals surface area contributed by atoms with Crippen LogP contribution in [0.2, 0.25) is 0 Å². The summed E-state index contributed by atoms with van der Waals surface area (Å²) < 4.78 is 5.69. The van der Waals surface area contributed by atoms with Gasteiger partial charge in [0, 0.05) is 43.3 Å². The van der Waals surface area contributed by atoms with Crippen molar-refractivity contribution in [2.75, 3.05) is 26.3 Å². The summed E-state index contributed by atoms with van der Waals surface area (Å²) >= 11 is 0. The number of nitrogens with one attached hydrogen (secondary N) is 2. The number of likely N-dealkylation sites (tertiary alicyclic amines) is 1. The molecule has 128 valence electrons. The van der Waals surface area contributed by atoms with Gasteiger partial charge in [-0.15, -0.1) is 12.4 Å². The van der Waals surface area contributed by atoms with Gasteiger partial charge in [-0.1, -0.05) is 6.42 Å². The van der Waals surface area contributed by atoms with Gasteiger partial charge in [-0.3, -0.25) is 4.90 Å². The van der Waals surface area contributed by atoms with Crippen LogP contribution in [0.15, 0.2) is 0 Å². The zero-order chi connectivity index (χ0) is 14.2. The van der Waals surface area contributed by atoms with Gasteiger partial charge in [0.25, 0.3) is 0 Å². The summed E-state index contributed by atoms with van der Waals surface area (Å²) in [6, 6.07) is 3.71. The fourth-order valence-corrected chi connectivity index (χ4v) is 4.93. The maximum Gasteiger partial charge on any atom is 0.0623 e. The lowest BCUT2D eigenvalue weighted by Gasteiger charge is -2.34. The average Bonchev–Trinajstić information content (AvgIpc) is 3.13. The van der Waals surface area contributed by atoms with E-state index in [-0.39, 0.29) is 12.4 Å². The molecule has 0 radical (unpaired) electrons. The van der Waals surface area contributed by atoms with Crippen molar-refractivity contribution >= 4 is 12.4 Å². The Hall–Kier alpha value is 0.130. The Morgan fingerprint density at radius 3 is 2.77 bits per heavy atom. The van der Waals surface area contributed by atoms with Crippen molar-refractivity contribution < 1.29 is 4.74 Å². The summed E-state index contributed by atoms with van der Waals surface area (Å²) in [6.45, 7) is 6.53. The van der Waals surface area contributed by atoms with E-state index in [9.17, 15) is 0 Å². The Balaban J connectivity index is 0.00000144. The van der Waals surface area contributed by atoms with Crippen LogP contribution in [0.4, 0.5) is 0 Å². The van der Waals surface area contributed by atoms with E-state index in [0.29, 0.717) is 12.1 Å². The van der Waals surface area contributed by atoms with Crippen molar-refractivity contribution in [1.82, 2.24) is 15.5 Å². The van der Waals surface area contributed by atoms with E-state index in [1.807, 2.05) is 0 Å². The minimum atomic E-state index is 0. The van der Waals surface area contributed by atoms with E-state index in [0.717, 1.165) is 43.8 Å². The van der Waals surface area contributed by atoms with Crippen molar-refractivity contribution in [3.8, 4) is 0 Å². The largest absolute Gasteiger partial charge is 0.379 e. The third kappa shape index (κ3) is 3.62. The third-order valence-corrected chi connectivity index (χ3v) is 6.13. The Morgan fingerprint density at radius 1 is 1.18 bits per heavy atom. The van der Waals surface area contributed by atoms with E-state index in [1.54, 1.807) is 0 Å². The SMILES string of the molecule is CC1CC(NC2CCCC2C2COCCN2)CN1C1CC1.Cl. The number of hydrogen-bond acceptors (Lipinski definition) is 4. The van der Waals surface area contributed by atoms with Crippen LogP contribution >= 0.6 is 12.4 Å². The fourth-order valence-electron chi connectivity index (χ4n) is 4.93. The minimum absolute atomic E-state index is 0. The number of morpholine rings is 1. The van der Waals surface area contributed by atoms with E-state index < -0.39 is 0 Å². The van der Waals surface area contributed by atoms with Gasteiger partial charge in [0.1, 0.15) is 0 Å². The van der Waals surface area contributed by atoms with E-state index in [1.165, 1.54) is 45.1 Å². The zero-order valence-electron chi connectivity index (χ0n) is 13.8. The third-order valence-electron chi connectivity index (χ3n) is 6.13. The predicted molar refractivity (Wildman–Crippen MR) is 91.7 cm³/mol. The monoisotopic (exact) mass is 329 g/mol. The van der Waals surface area contributed by atoms with Gasteiger partial charge >= 0.3 is 0 Å². The first-order valence-electron chi connectivity index (χ1n) is 9.14. The summed E-state index contributed by atoms with van der Waals surface area (Å²) in [4.78, 5) is 2.75. The molecular weight excluding hydrogens is 298 g/mol. The summed E-state index contributed by atoms with van der Waals surface area (Å²) in [5, 5.41) is 7.72. The number of hydrogen-bond donors (Lipinski definition) is 2. The van der Waals surface area contributed by atoms with Crippen molar-refractivity contribution in [2.45, 2.75) is 75.7 Å². The van der Waals surface area contributed by atoms with Crippen molar-refractivity contribution in [3.63, 3.8) is 0 Å². The zero-order valence-corrected chi connectivity index (χ0v) is 14.6. The smallest absolute Gasteiger partial charge is 0.0623 e. The van der Waals surface area contributed by atoms with E-state index >= 15 is 0 Å². The average molecular weight is 330 g/mol. The molecule has 0 amide bonds. The van der Waals surface area contributed by atoms with Crippen LogP contribution in [0.1, 0.15) is 45.4 Å². The summed E-state index contributed by atoms with van der Waals surface area (Å²) in [7, 11) is 0. The first-order chi connectivity index (χ1) is 10.3. The number of nitrogens with zero attached hydrogens (tertiary/aromatic N) is 1. The Kier molecular flexibility index (Phi) is 5.67. The first-order valence-corrected chi connectivity index (χ1v) is 9.14. The molecule has 0 aromatic heterocycles. The summed E-state index contributed by atoms with van der Waals surface area (Å²) in [5.74, 6) is 0.774. The molecule has 0 aromatic carbocycles. The van der Waals surface area contributed by atoms with Crippen molar-refractivity contribution in [3.05, 3.63) is 0 Å². The maximum atomic E-state index is 5.69. The highest BCUT2D eigenvalue weighted by molar-refractivity contribution is 5.85. The van der Waals surface area contributed by atoms with Crippen LogP contribution in [0, 0.1) is 5.92 Å². The van der Waals surface area contributed by atoms with Gasteiger partial charge in [0.15, 0.2) is 0 Å². The predicted octanol–water partition coefficient (Wildman–Crippen LogP) is 1.78. The highest BCUT2D eigenvalue weighted by Crippen LogP contribution is 2.35. The molecule has 5 heteroatoms. The number of ether oxygens (including phenoxy) is 1. The normalized spacial score (nSPS) is 43.2. The van der Waals surface area contributed by atoms with Gasteiger partial charge in [0.05, 0.1) is 13.2 Å². The molecule has 5 atom stereocenters. The highest BCUT2D eigenvalue weighted by Gasteiger charge is 2.41. The summed E-state index contributed by atoms with van der Waals surface area (Å²) in [5.41, 5.74) is 0. The number of halogens is 1. The second-order valence-electron chi connectivity index (χ2n) is 7.71. The molecule has 4 nitrogen and oxygen atoms in total. The molecular formula is C17H32ClN3O. The van der Waals surface area contributed by atoms with Crippen molar-refractivity contribution in [1.29, 1.82) is 0 Å². The molecule has 2 N–H and O–H groups in total. The molecule has 2 aliphatic heterocycles. The van der Waals surface area contributed by atoms with Gasteiger partial charge < -0.3 is 15.4 Å². The molecule has 0 aromatic rings. The first kappa shape index (κ1) is 17.0. The lowest BCUT2D eigenvalue weighted by atomic mass is 9.93. The highest BCUT2D eigenvalue weighted by atomic mass is 35.5. The Morgan fingerprint density at radius 2 is 2.05 bits per heavy atom.